The van der Waals surface area contributed by atoms with Crippen LogP contribution in [-0.2, 0) is 14.3 Å². The normalized spacial score (nSPS) is 25.0. The van der Waals surface area contributed by atoms with Gasteiger partial charge in [0.05, 0.1) is 13.0 Å². The standard InChI is InChI=1S/C17H29NO4/c1-11(2)15-8-13(9-17(20)21)12(3)7-14(15)10-18-16(19)5-6-22-4/h7,11,13-15H,5-6,8-10H2,1-4H3,(H,18,19)(H,20,21)/t13-,14-,15-/m0/s1. The fraction of sp³-hybridized carbons (Fsp3) is 0.765. The van der Waals surface area contributed by atoms with Crippen LogP contribution in [0.15, 0.2) is 11.6 Å². The first-order valence-electron chi connectivity index (χ1n) is 8.00. The van der Waals surface area contributed by atoms with Crippen molar-refractivity contribution in [2.24, 2.45) is 23.7 Å². The lowest BCUT2D eigenvalue weighted by Gasteiger charge is -2.36. The van der Waals surface area contributed by atoms with E-state index in [2.05, 4.69) is 25.2 Å². The van der Waals surface area contributed by atoms with Crippen LogP contribution in [0.3, 0.4) is 0 Å². The zero-order valence-corrected chi connectivity index (χ0v) is 14.1. The van der Waals surface area contributed by atoms with Crippen molar-refractivity contribution in [2.75, 3.05) is 20.3 Å². The Kier molecular flexibility index (Phi) is 7.59. The van der Waals surface area contributed by atoms with Gasteiger partial charge in [-0.15, -0.1) is 0 Å². The molecule has 0 saturated heterocycles. The van der Waals surface area contributed by atoms with Gasteiger partial charge in [0.1, 0.15) is 0 Å². The summed E-state index contributed by atoms with van der Waals surface area (Å²) in [6, 6.07) is 0. The predicted molar refractivity (Wildman–Crippen MR) is 85.4 cm³/mol. The molecule has 1 amide bonds. The molecule has 5 nitrogen and oxygen atoms in total. The monoisotopic (exact) mass is 311 g/mol. The summed E-state index contributed by atoms with van der Waals surface area (Å²) in [5, 5.41) is 12.0. The average molecular weight is 311 g/mol. The minimum atomic E-state index is -0.744. The number of carboxylic acid groups (broad SMARTS) is 1. The second kappa shape index (κ2) is 8.93. The molecule has 126 valence electrons. The van der Waals surface area contributed by atoms with Gasteiger partial charge in [-0.2, -0.15) is 0 Å². The zero-order valence-electron chi connectivity index (χ0n) is 14.1. The predicted octanol–water partition coefficient (Wildman–Crippen LogP) is 2.47. The minimum Gasteiger partial charge on any atom is -0.481 e. The van der Waals surface area contributed by atoms with E-state index in [1.165, 1.54) is 0 Å². The summed E-state index contributed by atoms with van der Waals surface area (Å²) in [6.07, 6.45) is 3.61. The number of amides is 1. The molecule has 0 spiro atoms. The molecular formula is C17H29NO4. The van der Waals surface area contributed by atoms with Crippen LogP contribution in [0, 0.1) is 23.7 Å². The summed E-state index contributed by atoms with van der Waals surface area (Å²) in [5.41, 5.74) is 1.13. The van der Waals surface area contributed by atoms with Crippen LogP contribution < -0.4 is 5.32 Å². The van der Waals surface area contributed by atoms with Crippen molar-refractivity contribution in [3.05, 3.63) is 11.6 Å². The smallest absolute Gasteiger partial charge is 0.303 e. The molecule has 0 heterocycles. The molecule has 1 aliphatic carbocycles. The van der Waals surface area contributed by atoms with Crippen molar-refractivity contribution in [1.29, 1.82) is 0 Å². The van der Waals surface area contributed by atoms with E-state index in [1.807, 2.05) is 6.92 Å². The van der Waals surface area contributed by atoms with Gasteiger partial charge in [0.15, 0.2) is 0 Å². The SMILES string of the molecule is COCCC(=O)NC[C@@H]1C=C(C)[C@H](CC(=O)O)C[C@H]1C(C)C. The summed E-state index contributed by atoms with van der Waals surface area (Å²) in [4.78, 5) is 22.7. The van der Waals surface area contributed by atoms with Crippen molar-refractivity contribution in [2.45, 2.75) is 40.0 Å². The Hall–Kier alpha value is -1.36. The van der Waals surface area contributed by atoms with Crippen LogP contribution in [0.5, 0.6) is 0 Å². The molecular weight excluding hydrogens is 282 g/mol. The number of hydrogen-bond acceptors (Lipinski definition) is 3. The molecule has 0 aromatic heterocycles. The summed E-state index contributed by atoms with van der Waals surface area (Å²) in [6.45, 7) is 7.37. The fourth-order valence-electron chi connectivity index (χ4n) is 3.23. The Morgan fingerprint density at radius 2 is 2.14 bits per heavy atom. The van der Waals surface area contributed by atoms with E-state index in [9.17, 15) is 9.59 Å². The first kappa shape index (κ1) is 18.7. The van der Waals surface area contributed by atoms with Gasteiger partial charge in [-0.1, -0.05) is 25.5 Å². The van der Waals surface area contributed by atoms with Gasteiger partial charge in [-0.05, 0) is 37.0 Å². The van der Waals surface area contributed by atoms with Crippen molar-refractivity contribution < 1.29 is 19.4 Å². The van der Waals surface area contributed by atoms with Crippen LogP contribution in [0.2, 0.25) is 0 Å². The van der Waals surface area contributed by atoms with E-state index < -0.39 is 5.97 Å². The number of nitrogens with one attached hydrogen (secondary N) is 1. The Morgan fingerprint density at radius 1 is 1.45 bits per heavy atom. The maximum atomic E-state index is 11.7. The Balaban J connectivity index is 2.68. The zero-order chi connectivity index (χ0) is 16.7. The minimum absolute atomic E-state index is 0.00284. The van der Waals surface area contributed by atoms with Crippen LogP contribution in [0.1, 0.15) is 40.0 Å². The lowest BCUT2D eigenvalue weighted by atomic mass is 9.70. The van der Waals surface area contributed by atoms with E-state index in [4.69, 9.17) is 9.84 Å². The second-order valence-electron chi connectivity index (χ2n) is 6.56. The van der Waals surface area contributed by atoms with Gasteiger partial charge < -0.3 is 15.2 Å². The Labute approximate surface area is 133 Å². The third kappa shape index (κ3) is 5.79. The molecule has 3 atom stereocenters. The van der Waals surface area contributed by atoms with E-state index in [1.54, 1.807) is 7.11 Å². The molecule has 1 rings (SSSR count). The summed E-state index contributed by atoms with van der Waals surface area (Å²) >= 11 is 0. The molecule has 0 aliphatic heterocycles. The number of methoxy groups -OCH3 is 1. The van der Waals surface area contributed by atoms with Crippen molar-refractivity contribution in [1.82, 2.24) is 5.32 Å². The van der Waals surface area contributed by atoms with E-state index in [-0.39, 0.29) is 24.2 Å². The fourth-order valence-corrected chi connectivity index (χ4v) is 3.23. The van der Waals surface area contributed by atoms with Gasteiger partial charge in [0, 0.05) is 20.1 Å². The first-order valence-corrected chi connectivity index (χ1v) is 8.00. The number of ether oxygens (including phenoxy) is 1. The van der Waals surface area contributed by atoms with Gasteiger partial charge in [-0.3, -0.25) is 9.59 Å². The third-order valence-electron chi connectivity index (χ3n) is 4.57. The Bertz CT molecular complexity index is 417. The number of aliphatic carboxylic acids is 1. The quantitative estimate of drug-likeness (QED) is 0.675. The molecule has 5 heteroatoms. The molecule has 0 radical (unpaired) electrons. The number of carboxylic acids is 1. The summed E-state index contributed by atoms with van der Waals surface area (Å²) in [7, 11) is 1.58. The maximum absolute atomic E-state index is 11.7. The second-order valence-corrected chi connectivity index (χ2v) is 6.56. The van der Waals surface area contributed by atoms with Crippen molar-refractivity contribution in [3.8, 4) is 0 Å². The highest BCUT2D eigenvalue weighted by Gasteiger charge is 2.32. The maximum Gasteiger partial charge on any atom is 0.303 e. The highest BCUT2D eigenvalue weighted by molar-refractivity contribution is 5.76. The number of rotatable bonds is 8. The highest BCUT2D eigenvalue weighted by atomic mass is 16.5. The first-order chi connectivity index (χ1) is 10.3. The topological polar surface area (TPSA) is 75.6 Å². The van der Waals surface area contributed by atoms with Crippen LogP contribution in [0.4, 0.5) is 0 Å². The van der Waals surface area contributed by atoms with Gasteiger partial charge in [0.2, 0.25) is 5.91 Å². The van der Waals surface area contributed by atoms with Crippen molar-refractivity contribution >= 4 is 11.9 Å². The van der Waals surface area contributed by atoms with E-state index in [0.717, 1.165) is 12.0 Å². The average Bonchev–Trinajstić information content (AvgIpc) is 2.44. The Morgan fingerprint density at radius 3 is 2.68 bits per heavy atom. The van der Waals surface area contributed by atoms with Crippen LogP contribution in [-0.4, -0.2) is 37.2 Å². The van der Waals surface area contributed by atoms with Gasteiger partial charge >= 0.3 is 5.97 Å². The van der Waals surface area contributed by atoms with Gasteiger partial charge in [-0.25, -0.2) is 0 Å². The largest absolute Gasteiger partial charge is 0.481 e. The summed E-state index contributed by atoms with van der Waals surface area (Å²) < 4.78 is 4.90. The molecule has 0 aromatic carbocycles. The molecule has 1 aliphatic rings. The number of hydrogen-bond donors (Lipinski definition) is 2. The summed E-state index contributed by atoms with van der Waals surface area (Å²) in [5.74, 6) is 0.508. The number of allylic oxidation sites excluding steroid dienone is 1. The highest BCUT2D eigenvalue weighted by Crippen LogP contribution is 2.38. The molecule has 0 unspecified atom stereocenters. The molecule has 2 N–H and O–H groups in total. The van der Waals surface area contributed by atoms with Gasteiger partial charge in [0.25, 0.3) is 0 Å². The number of carbonyl (C=O) groups excluding carboxylic acids is 1. The lowest BCUT2D eigenvalue weighted by Crippen LogP contribution is -2.37. The van der Waals surface area contributed by atoms with Crippen LogP contribution >= 0.6 is 0 Å². The molecule has 22 heavy (non-hydrogen) atoms. The molecule has 0 aromatic rings. The third-order valence-corrected chi connectivity index (χ3v) is 4.57. The van der Waals surface area contributed by atoms with Crippen LogP contribution in [0.25, 0.3) is 0 Å². The van der Waals surface area contributed by atoms with Crippen molar-refractivity contribution in [3.63, 3.8) is 0 Å². The molecule has 0 bridgehead atoms. The van der Waals surface area contributed by atoms with E-state index in [0.29, 0.717) is 31.4 Å². The number of carbonyl (C=O) groups is 2. The molecule has 0 fully saturated rings. The molecule has 0 saturated carbocycles. The van der Waals surface area contributed by atoms with E-state index >= 15 is 0 Å². The lowest BCUT2D eigenvalue weighted by molar-refractivity contribution is -0.138.